The number of ether oxygens (including phenoxy) is 1. The molecule has 0 aliphatic carbocycles. The molecule has 186 valence electrons. The minimum Gasteiger partial charge on any atom is -0.488 e. The first kappa shape index (κ1) is 25.5. The number of aliphatic imine (C=N–C) groups is 1. The van der Waals surface area contributed by atoms with Crippen LogP contribution in [-0.2, 0) is 17.9 Å². The fourth-order valence-electron chi connectivity index (χ4n) is 3.90. The van der Waals surface area contributed by atoms with Gasteiger partial charge in [-0.3, -0.25) is 9.69 Å². The van der Waals surface area contributed by atoms with Gasteiger partial charge in [-0.2, -0.15) is 5.26 Å². The Hall–Kier alpha value is -4.12. The highest BCUT2D eigenvalue weighted by Crippen LogP contribution is 2.36. The van der Waals surface area contributed by atoms with Crippen molar-refractivity contribution in [1.82, 2.24) is 4.90 Å². The molecule has 4 aromatic carbocycles. The first-order chi connectivity index (χ1) is 18.6. The number of rotatable bonds is 7. The molecule has 7 heteroatoms. The van der Waals surface area contributed by atoms with Crippen LogP contribution >= 0.6 is 27.7 Å². The maximum Gasteiger partial charge on any atom is 0.267 e. The van der Waals surface area contributed by atoms with Gasteiger partial charge in [0.15, 0.2) is 5.17 Å². The lowest BCUT2D eigenvalue weighted by molar-refractivity contribution is -0.122. The lowest BCUT2D eigenvalue weighted by Gasteiger charge is -2.15. The number of para-hydroxylation sites is 1. The molecule has 0 N–H and O–H groups in total. The van der Waals surface area contributed by atoms with Crippen LogP contribution in [0.25, 0.3) is 6.08 Å². The number of carbonyl (C=O) groups excluding carboxylic acids is 1. The molecule has 5 rings (SSSR count). The number of amides is 1. The second-order valence-corrected chi connectivity index (χ2v) is 10.3. The Balaban J connectivity index is 1.38. The van der Waals surface area contributed by atoms with Crippen LogP contribution < -0.4 is 4.74 Å². The van der Waals surface area contributed by atoms with Crippen molar-refractivity contribution in [3.8, 4) is 11.8 Å². The minimum absolute atomic E-state index is 0.0851. The highest BCUT2D eigenvalue weighted by molar-refractivity contribution is 9.10. The van der Waals surface area contributed by atoms with Gasteiger partial charge in [-0.1, -0.05) is 72.8 Å². The van der Waals surface area contributed by atoms with Gasteiger partial charge in [0, 0.05) is 5.56 Å². The minimum atomic E-state index is -0.0851. The van der Waals surface area contributed by atoms with Crippen molar-refractivity contribution in [3.05, 3.63) is 135 Å². The number of nitriles is 1. The Bertz CT molecular complexity index is 1560. The van der Waals surface area contributed by atoms with E-state index in [1.807, 2.05) is 103 Å². The molecule has 1 heterocycles. The fourth-order valence-corrected chi connectivity index (χ4v) is 5.40. The summed E-state index contributed by atoms with van der Waals surface area (Å²) in [6, 6.07) is 34.8. The molecule has 5 nitrogen and oxygen atoms in total. The zero-order chi connectivity index (χ0) is 26.3. The number of amidine groups is 1. The largest absolute Gasteiger partial charge is 0.488 e. The van der Waals surface area contributed by atoms with Gasteiger partial charge < -0.3 is 4.74 Å². The van der Waals surface area contributed by atoms with Crippen LogP contribution in [0.15, 0.2) is 117 Å². The van der Waals surface area contributed by atoms with E-state index in [9.17, 15) is 10.1 Å². The number of carbonyl (C=O) groups is 1. The molecule has 0 unspecified atom stereocenters. The van der Waals surface area contributed by atoms with Crippen LogP contribution in [0, 0.1) is 11.3 Å². The molecule has 1 aliphatic heterocycles. The standard InChI is InChI=1S/C31H22BrN3O2S/c32-27-17-23(15-16-28(27)37-21-25-12-8-7-11-24(25)19-33)18-29-30(36)35(20-22-9-3-1-4-10-22)31(38-29)34-26-13-5-2-6-14-26/h1-18H,20-21H2. The number of nitrogens with zero attached hydrogens (tertiary/aromatic N) is 3. The van der Waals surface area contributed by atoms with Crippen LogP contribution in [-0.4, -0.2) is 16.0 Å². The van der Waals surface area contributed by atoms with Crippen LogP contribution in [0.3, 0.4) is 0 Å². The van der Waals surface area contributed by atoms with E-state index < -0.39 is 0 Å². The van der Waals surface area contributed by atoms with Gasteiger partial charge in [0.05, 0.1) is 33.2 Å². The van der Waals surface area contributed by atoms with Crippen molar-refractivity contribution in [1.29, 1.82) is 5.26 Å². The summed E-state index contributed by atoms with van der Waals surface area (Å²) in [6.07, 6.45) is 1.87. The summed E-state index contributed by atoms with van der Waals surface area (Å²) < 4.78 is 6.72. The molecule has 0 spiro atoms. The van der Waals surface area contributed by atoms with Crippen LogP contribution in [0.5, 0.6) is 5.75 Å². The molecule has 1 amide bonds. The summed E-state index contributed by atoms with van der Waals surface area (Å²) in [5.74, 6) is 0.570. The lowest BCUT2D eigenvalue weighted by Crippen LogP contribution is -2.28. The number of halogens is 1. The Morgan fingerprint density at radius 1 is 0.947 bits per heavy atom. The first-order valence-electron chi connectivity index (χ1n) is 11.9. The molecule has 1 saturated heterocycles. The number of hydrogen-bond donors (Lipinski definition) is 0. The van der Waals surface area contributed by atoms with E-state index in [-0.39, 0.29) is 12.5 Å². The van der Waals surface area contributed by atoms with Gasteiger partial charge >= 0.3 is 0 Å². The van der Waals surface area contributed by atoms with Gasteiger partial charge in [-0.25, -0.2) is 4.99 Å². The van der Waals surface area contributed by atoms with E-state index in [4.69, 9.17) is 9.73 Å². The topological polar surface area (TPSA) is 65.7 Å². The van der Waals surface area contributed by atoms with E-state index in [1.54, 1.807) is 11.0 Å². The maximum absolute atomic E-state index is 13.5. The summed E-state index contributed by atoms with van der Waals surface area (Å²) >= 11 is 4.96. The highest BCUT2D eigenvalue weighted by atomic mass is 79.9. The molecule has 38 heavy (non-hydrogen) atoms. The van der Waals surface area contributed by atoms with E-state index in [0.717, 1.165) is 26.9 Å². The third kappa shape index (κ3) is 6.05. The highest BCUT2D eigenvalue weighted by Gasteiger charge is 2.33. The zero-order valence-corrected chi connectivity index (χ0v) is 22.7. The van der Waals surface area contributed by atoms with Crippen molar-refractivity contribution in [2.45, 2.75) is 13.2 Å². The molecule has 1 aliphatic rings. The smallest absolute Gasteiger partial charge is 0.267 e. The third-order valence-corrected chi connectivity index (χ3v) is 7.45. The van der Waals surface area contributed by atoms with Gasteiger partial charge in [0.1, 0.15) is 12.4 Å². The predicted octanol–water partition coefficient (Wildman–Crippen LogP) is 7.70. The normalized spacial score (nSPS) is 15.2. The van der Waals surface area contributed by atoms with E-state index in [1.165, 1.54) is 11.8 Å². The van der Waals surface area contributed by atoms with Gasteiger partial charge in [0.2, 0.25) is 0 Å². The molecule has 4 aromatic rings. The Morgan fingerprint density at radius 3 is 2.39 bits per heavy atom. The van der Waals surface area contributed by atoms with E-state index >= 15 is 0 Å². The van der Waals surface area contributed by atoms with E-state index in [0.29, 0.717) is 27.9 Å². The molecule has 0 radical (unpaired) electrons. The predicted molar refractivity (Wildman–Crippen MR) is 156 cm³/mol. The molecular formula is C31H22BrN3O2S. The van der Waals surface area contributed by atoms with Crippen LogP contribution in [0.1, 0.15) is 22.3 Å². The molecule has 0 saturated carbocycles. The maximum atomic E-state index is 13.5. The van der Waals surface area contributed by atoms with Crippen LogP contribution in [0.2, 0.25) is 0 Å². The second-order valence-electron chi connectivity index (χ2n) is 8.46. The van der Waals surface area contributed by atoms with Gasteiger partial charge in [0.25, 0.3) is 5.91 Å². The summed E-state index contributed by atoms with van der Waals surface area (Å²) in [7, 11) is 0. The lowest BCUT2D eigenvalue weighted by atomic mass is 10.1. The van der Waals surface area contributed by atoms with Gasteiger partial charge in [-0.05, 0) is 75.2 Å². The van der Waals surface area contributed by atoms with E-state index in [2.05, 4.69) is 22.0 Å². The summed E-state index contributed by atoms with van der Waals surface area (Å²) in [6.45, 7) is 0.723. The average molecular weight is 581 g/mol. The fraction of sp³-hybridized carbons (Fsp3) is 0.0645. The summed E-state index contributed by atoms with van der Waals surface area (Å²) in [4.78, 5) is 20.6. The molecule has 0 aromatic heterocycles. The van der Waals surface area contributed by atoms with Crippen molar-refractivity contribution in [2.75, 3.05) is 0 Å². The molecule has 0 bridgehead atoms. The summed E-state index contributed by atoms with van der Waals surface area (Å²) in [5.41, 5.74) is 4.10. The van der Waals surface area contributed by atoms with Crippen molar-refractivity contribution in [3.63, 3.8) is 0 Å². The SMILES string of the molecule is N#Cc1ccccc1COc1ccc(C=C2SC(=Nc3ccccc3)N(Cc3ccccc3)C2=O)cc1Br. The van der Waals surface area contributed by atoms with Crippen molar-refractivity contribution >= 4 is 50.5 Å². The number of thioether (sulfide) groups is 1. The number of hydrogen-bond acceptors (Lipinski definition) is 5. The van der Waals surface area contributed by atoms with Crippen molar-refractivity contribution < 1.29 is 9.53 Å². The van der Waals surface area contributed by atoms with Crippen LogP contribution in [0.4, 0.5) is 5.69 Å². The molecular weight excluding hydrogens is 558 g/mol. The first-order valence-corrected chi connectivity index (χ1v) is 13.5. The Labute approximate surface area is 234 Å². The average Bonchev–Trinajstić information content (AvgIpc) is 3.22. The monoisotopic (exact) mass is 579 g/mol. The quantitative estimate of drug-likeness (QED) is 0.210. The Morgan fingerprint density at radius 2 is 1.66 bits per heavy atom. The second kappa shape index (κ2) is 12.0. The molecule has 1 fully saturated rings. The third-order valence-electron chi connectivity index (χ3n) is 5.83. The Kier molecular flexibility index (Phi) is 8.03. The summed E-state index contributed by atoms with van der Waals surface area (Å²) in [5, 5.41) is 9.95. The number of benzene rings is 4. The van der Waals surface area contributed by atoms with Gasteiger partial charge in [-0.15, -0.1) is 0 Å². The molecule has 0 atom stereocenters. The van der Waals surface area contributed by atoms with Crippen molar-refractivity contribution in [2.24, 2.45) is 4.99 Å². The zero-order valence-electron chi connectivity index (χ0n) is 20.3.